The zero-order valence-electron chi connectivity index (χ0n) is 10.1. The largest absolute Gasteiger partial charge is 0.480 e. The molecular weight excluding hydrogens is 264 g/mol. The van der Waals surface area contributed by atoms with Crippen LogP contribution in [0.25, 0.3) is 0 Å². The molecule has 8 nitrogen and oxygen atoms in total. The van der Waals surface area contributed by atoms with Crippen LogP contribution in [0, 0.1) is 22.7 Å². The molecule has 0 fully saturated rings. The number of carbonyl (C=O) groups excluding carboxylic acids is 1. The Balaban J connectivity index is 2.80. The summed E-state index contributed by atoms with van der Waals surface area (Å²) in [6.45, 7) is -0.750. The van der Waals surface area contributed by atoms with E-state index in [1.54, 1.807) is 6.07 Å². The number of nitriles is 2. The van der Waals surface area contributed by atoms with E-state index >= 15 is 0 Å². The summed E-state index contributed by atoms with van der Waals surface area (Å²) in [6, 6.07) is 5.39. The molecule has 0 aromatic heterocycles. The van der Waals surface area contributed by atoms with E-state index in [-0.39, 0.29) is 16.8 Å². The number of amides is 2. The van der Waals surface area contributed by atoms with Crippen LogP contribution >= 0.6 is 0 Å². The lowest BCUT2D eigenvalue weighted by atomic mass is 10.1. The lowest BCUT2D eigenvalue weighted by Gasteiger charge is -2.12. The number of nitrogens with zero attached hydrogens (tertiary/aromatic N) is 2. The third-order valence-corrected chi connectivity index (χ3v) is 2.30. The topological polar surface area (TPSA) is 146 Å². The average Bonchev–Trinajstić information content (AvgIpc) is 2.44. The summed E-state index contributed by atoms with van der Waals surface area (Å²) < 4.78 is 0. The van der Waals surface area contributed by atoms with E-state index in [1.807, 2.05) is 11.4 Å². The van der Waals surface area contributed by atoms with Crippen LogP contribution < -0.4 is 10.6 Å². The van der Waals surface area contributed by atoms with E-state index in [4.69, 9.17) is 20.7 Å². The number of carboxylic acids is 1. The summed E-state index contributed by atoms with van der Waals surface area (Å²) in [5, 5.41) is 39.3. The summed E-state index contributed by atoms with van der Waals surface area (Å²) in [7, 11) is 0. The van der Waals surface area contributed by atoms with Crippen LogP contribution in [-0.4, -0.2) is 34.9 Å². The van der Waals surface area contributed by atoms with Gasteiger partial charge in [0.05, 0.1) is 17.7 Å². The highest BCUT2D eigenvalue weighted by Gasteiger charge is 2.18. The van der Waals surface area contributed by atoms with Gasteiger partial charge in [-0.15, -0.1) is 0 Å². The Hall–Kier alpha value is -3.10. The minimum atomic E-state index is -1.43. The number of carbonyl (C=O) groups is 2. The first kappa shape index (κ1) is 15.0. The van der Waals surface area contributed by atoms with Crippen LogP contribution in [0.2, 0.25) is 0 Å². The van der Waals surface area contributed by atoms with Crippen molar-refractivity contribution in [1.29, 1.82) is 10.5 Å². The second kappa shape index (κ2) is 6.73. The molecule has 0 saturated heterocycles. The fraction of sp³-hybridized carbons (Fsp3) is 0.167. The average molecular weight is 274 g/mol. The summed E-state index contributed by atoms with van der Waals surface area (Å²) in [5.41, 5.74) is 0.472. The number of nitrogens with one attached hydrogen (secondary N) is 2. The van der Waals surface area contributed by atoms with Crippen LogP contribution in [0.3, 0.4) is 0 Å². The van der Waals surface area contributed by atoms with Gasteiger partial charge < -0.3 is 20.8 Å². The fourth-order valence-electron chi connectivity index (χ4n) is 1.32. The zero-order valence-corrected chi connectivity index (χ0v) is 10.1. The number of carboxylic acid groups (broad SMARTS) is 1. The second-order valence-electron chi connectivity index (χ2n) is 3.66. The van der Waals surface area contributed by atoms with Crippen molar-refractivity contribution in [2.75, 3.05) is 11.9 Å². The first-order chi connectivity index (χ1) is 9.51. The van der Waals surface area contributed by atoms with Crippen molar-refractivity contribution < 1.29 is 19.8 Å². The van der Waals surface area contributed by atoms with Gasteiger partial charge >= 0.3 is 12.0 Å². The molecule has 0 aliphatic heterocycles. The van der Waals surface area contributed by atoms with Crippen molar-refractivity contribution in [2.24, 2.45) is 0 Å². The van der Waals surface area contributed by atoms with Gasteiger partial charge in [-0.05, 0) is 18.2 Å². The van der Waals surface area contributed by atoms with Gasteiger partial charge in [-0.3, -0.25) is 0 Å². The molecule has 1 aromatic rings. The maximum absolute atomic E-state index is 11.5. The normalized spacial score (nSPS) is 10.8. The van der Waals surface area contributed by atoms with Crippen LogP contribution in [0.15, 0.2) is 18.2 Å². The van der Waals surface area contributed by atoms with Gasteiger partial charge in [0.15, 0.2) is 6.04 Å². The molecular formula is C12H10N4O4. The Kier molecular flexibility index (Phi) is 5.03. The molecule has 0 unspecified atom stereocenters. The Bertz CT molecular complexity index is 615. The van der Waals surface area contributed by atoms with Gasteiger partial charge in [-0.1, -0.05) is 0 Å². The summed E-state index contributed by atoms with van der Waals surface area (Å²) in [6.07, 6.45) is 0. The molecule has 8 heteroatoms. The molecule has 0 saturated carbocycles. The molecule has 1 aromatic carbocycles. The number of anilines is 1. The minimum absolute atomic E-state index is 0.0854. The van der Waals surface area contributed by atoms with Crippen molar-refractivity contribution >= 4 is 17.7 Å². The lowest BCUT2D eigenvalue weighted by Crippen LogP contribution is -2.45. The maximum atomic E-state index is 11.5. The van der Waals surface area contributed by atoms with Gasteiger partial charge in [0.1, 0.15) is 12.1 Å². The Labute approximate surface area is 113 Å². The lowest BCUT2D eigenvalue weighted by molar-refractivity contribution is -0.140. The van der Waals surface area contributed by atoms with Crippen molar-refractivity contribution in [1.82, 2.24) is 5.32 Å². The first-order valence-corrected chi connectivity index (χ1v) is 5.37. The first-order valence-electron chi connectivity index (χ1n) is 5.37. The third-order valence-electron chi connectivity index (χ3n) is 2.30. The van der Waals surface area contributed by atoms with Gasteiger partial charge in [0, 0.05) is 5.69 Å². The molecule has 4 N–H and O–H groups in total. The molecule has 0 aliphatic carbocycles. The number of aliphatic carboxylic acids is 1. The van der Waals surface area contributed by atoms with Crippen LogP contribution in [0.5, 0.6) is 0 Å². The fourth-order valence-corrected chi connectivity index (χ4v) is 1.32. The SMILES string of the molecule is N#Cc1ccc(NC(=O)N[C@H](CO)C(=O)O)cc1C#N. The van der Waals surface area contributed by atoms with Crippen molar-refractivity contribution in [3.05, 3.63) is 29.3 Å². The molecule has 0 aliphatic rings. The smallest absolute Gasteiger partial charge is 0.328 e. The highest BCUT2D eigenvalue weighted by Crippen LogP contribution is 2.14. The maximum Gasteiger partial charge on any atom is 0.328 e. The van der Waals surface area contributed by atoms with E-state index < -0.39 is 24.6 Å². The van der Waals surface area contributed by atoms with Gasteiger partial charge in [-0.25, -0.2) is 9.59 Å². The molecule has 0 radical (unpaired) electrons. The minimum Gasteiger partial charge on any atom is -0.480 e. The second-order valence-corrected chi connectivity index (χ2v) is 3.66. The van der Waals surface area contributed by atoms with E-state index in [1.165, 1.54) is 18.2 Å². The Morgan fingerprint density at radius 1 is 1.25 bits per heavy atom. The van der Waals surface area contributed by atoms with E-state index in [9.17, 15) is 9.59 Å². The third kappa shape index (κ3) is 3.70. The van der Waals surface area contributed by atoms with E-state index in [0.29, 0.717) is 0 Å². The molecule has 2 amide bonds. The standard InChI is InChI=1S/C12H10N4O4/c13-4-7-1-2-9(3-8(7)5-14)15-12(20)16-10(6-17)11(18)19/h1-3,10,17H,6H2,(H,18,19)(H2,15,16,20)/t10-/m1/s1. The number of urea groups is 1. The van der Waals surface area contributed by atoms with Gasteiger partial charge in [0.2, 0.25) is 0 Å². The summed E-state index contributed by atoms with van der Waals surface area (Å²) in [4.78, 5) is 22.1. The van der Waals surface area contributed by atoms with Crippen LogP contribution in [0.1, 0.15) is 11.1 Å². The Morgan fingerprint density at radius 2 is 1.90 bits per heavy atom. The molecule has 0 bridgehead atoms. The van der Waals surface area contributed by atoms with Crippen molar-refractivity contribution in [3.8, 4) is 12.1 Å². The highest BCUT2D eigenvalue weighted by atomic mass is 16.4. The van der Waals surface area contributed by atoms with Gasteiger partial charge in [0.25, 0.3) is 0 Å². The number of hydrogen-bond acceptors (Lipinski definition) is 5. The van der Waals surface area contributed by atoms with E-state index in [0.717, 1.165) is 0 Å². The Morgan fingerprint density at radius 3 is 2.40 bits per heavy atom. The van der Waals surface area contributed by atoms with Crippen molar-refractivity contribution in [3.63, 3.8) is 0 Å². The predicted molar refractivity (Wildman–Crippen MR) is 66.5 cm³/mol. The molecule has 0 heterocycles. The van der Waals surface area contributed by atoms with Crippen molar-refractivity contribution in [2.45, 2.75) is 6.04 Å². The molecule has 0 spiro atoms. The number of aliphatic hydroxyl groups excluding tert-OH is 1. The summed E-state index contributed by atoms with van der Waals surface area (Å²) >= 11 is 0. The molecule has 102 valence electrons. The molecule has 20 heavy (non-hydrogen) atoms. The molecule has 1 rings (SSSR count). The van der Waals surface area contributed by atoms with Crippen LogP contribution in [0.4, 0.5) is 10.5 Å². The number of aliphatic hydroxyl groups is 1. The number of rotatable bonds is 4. The highest BCUT2D eigenvalue weighted by molar-refractivity contribution is 5.92. The number of benzene rings is 1. The predicted octanol–water partition coefficient (Wildman–Crippen LogP) is -0.00304. The monoisotopic (exact) mass is 274 g/mol. The van der Waals surface area contributed by atoms with E-state index in [2.05, 4.69) is 5.32 Å². The number of hydrogen-bond donors (Lipinski definition) is 4. The molecule has 1 atom stereocenters. The summed E-state index contributed by atoms with van der Waals surface area (Å²) in [5.74, 6) is -1.37. The zero-order chi connectivity index (χ0) is 15.1. The van der Waals surface area contributed by atoms with Crippen LogP contribution in [-0.2, 0) is 4.79 Å². The quantitative estimate of drug-likeness (QED) is 0.607. The van der Waals surface area contributed by atoms with Gasteiger partial charge in [-0.2, -0.15) is 10.5 Å².